The van der Waals surface area contributed by atoms with Gasteiger partial charge in [-0.25, -0.2) is 0 Å². The third-order valence-corrected chi connectivity index (χ3v) is 4.01. The molecule has 3 nitrogen and oxygen atoms in total. The molecule has 1 aromatic carbocycles. The predicted octanol–water partition coefficient (Wildman–Crippen LogP) is 3.35. The van der Waals surface area contributed by atoms with Crippen molar-refractivity contribution < 1.29 is 4.79 Å². The topological polar surface area (TPSA) is 34.9 Å². The molecule has 0 radical (unpaired) electrons. The number of aromatic nitrogens is 2. The molecule has 1 aromatic heterocycles. The van der Waals surface area contributed by atoms with Crippen LogP contribution in [0.2, 0.25) is 5.02 Å². The molecular weight excluding hydrogens is 272 g/mol. The number of benzene rings is 1. The van der Waals surface area contributed by atoms with Crippen molar-refractivity contribution in [2.24, 2.45) is 7.05 Å². The van der Waals surface area contributed by atoms with Gasteiger partial charge in [0.2, 0.25) is 0 Å². The lowest BCUT2D eigenvalue weighted by Gasteiger charge is -2.07. The maximum Gasteiger partial charge on any atom is 0.143 e. The first kappa shape index (κ1) is 14.8. The van der Waals surface area contributed by atoms with Crippen LogP contribution in [-0.2, 0) is 24.7 Å². The molecule has 0 N–H and O–H groups in total. The van der Waals surface area contributed by atoms with E-state index in [0.29, 0.717) is 17.9 Å². The van der Waals surface area contributed by atoms with Crippen molar-refractivity contribution in [1.82, 2.24) is 9.78 Å². The standard InChI is InChI=1S/C16H19ClN2O/c1-10-5-6-11(2)13(7-10)8-14(20)9-15-16(17)12(3)18-19(15)4/h5-7H,8-9H2,1-4H3. The summed E-state index contributed by atoms with van der Waals surface area (Å²) in [6.45, 7) is 5.92. The summed E-state index contributed by atoms with van der Waals surface area (Å²) in [5.41, 5.74) is 4.97. The van der Waals surface area contributed by atoms with Gasteiger partial charge in [-0.3, -0.25) is 9.48 Å². The van der Waals surface area contributed by atoms with Crippen LogP contribution >= 0.6 is 11.6 Å². The van der Waals surface area contributed by atoms with Crippen LogP contribution in [-0.4, -0.2) is 15.6 Å². The van der Waals surface area contributed by atoms with Gasteiger partial charge >= 0.3 is 0 Å². The van der Waals surface area contributed by atoms with Gasteiger partial charge in [0.05, 0.1) is 22.8 Å². The highest BCUT2D eigenvalue weighted by atomic mass is 35.5. The fourth-order valence-corrected chi connectivity index (χ4v) is 2.55. The summed E-state index contributed by atoms with van der Waals surface area (Å²) in [6, 6.07) is 6.19. The zero-order chi connectivity index (χ0) is 14.9. The van der Waals surface area contributed by atoms with Crippen LogP contribution < -0.4 is 0 Å². The highest BCUT2D eigenvalue weighted by Gasteiger charge is 2.15. The molecule has 0 amide bonds. The van der Waals surface area contributed by atoms with Gasteiger partial charge in [-0.1, -0.05) is 35.4 Å². The van der Waals surface area contributed by atoms with E-state index in [0.717, 1.165) is 22.5 Å². The SMILES string of the molecule is Cc1ccc(C)c(CC(=O)Cc2c(Cl)c(C)nn2C)c1. The Morgan fingerprint density at radius 2 is 1.95 bits per heavy atom. The van der Waals surface area contributed by atoms with E-state index in [4.69, 9.17) is 11.6 Å². The highest BCUT2D eigenvalue weighted by molar-refractivity contribution is 6.32. The second-order valence-corrected chi connectivity index (χ2v) is 5.67. The Morgan fingerprint density at radius 3 is 2.55 bits per heavy atom. The fraction of sp³-hybridized carbons (Fsp3) is 0.375. The van der Waals surface area contributed by atoms with Crippen molar-refractivity contribution in [1.29, 1.82) is 0 Å². The number of hydrogen-bond acceptors (Lipinski definition) is 2. The minimum atomic E-state index is 0.156. The van der Waals surface area contributed by atoms with Gasteiger partial charge in [0.25, 0.3) is 0 Å². The molecule has 0 unspecified atom stereocenters. The van der Waals surface area contributed by atoms with E-state index in [1.165, 1.54) is 5.56 Å². The van der Waals surface area contributed by atoms with E-state index < -0.39 is 0 Å². The lowest BCUT2D eigenvalue weighted by Crippen LogP contribution is -2.11. The largest absolute Gasteiger partial charge is 0.299 e. The predicted molar refractivity (Wildman–Crippen MR) is 81.3 cm³/mol. The molecule has 4 heteroatoms. The number of carbonyl (C=O) groups excluding carboxylic acids is 1. The third-order valence-electron chi connectivity index (χ3n) is 3.52. The van der Waals surface area contributed by atoms with E-state index in [1.807, 2.05) is 27.8 Å². The van der Waals surface area contributed by atoms with Crippen molar-refractivity contribution in [3.8, 4) is 0 Å². The van der Waals surface area contributed by atoms with Crippen LogP contribution in [0.1, 0.15) is 28.1 Å². The molecule has 0 saturated heterocycles. The van der Waals surface area contributed by atoms with Crippen molar-refractivity contribution >= 4 is 17.4 Å². The molecule has 0 atom stereocenters. The number of nitrogens with zero attached hydrogens (tertiary/aromatic N) is 2. The monoisotopic (exact) mass is 290 g/mol. The molecule has 2 rings (SSSR count). The van der Waals surface area contributed by atoms with Gasteiger partial charge in [-0.15, -0.1) is 0 Å². The molecule has 0 saturated carbocycles. The van der Waals surface area contributed by atoms with Crippen LogP contribution in [0.15, 0.2) is 18.2 Å². The van der Waals surface area contributed by atoms with E-state index in [9.17, 15) is 4.79 Å². The van der Waals surface area contributed by atoms with Crippen molar-refractivity contribution in [3.63, 3.8) is 0 Å². The summed E-state index contributed by atoms with van der Waals surface area (Å²) in [6.07, 6.45) is 0.762. The number of carbonyl (C=O) groups is 1. The minimum absolute atomic E-state index is 0.156. The zero-order valence-electron chi connectivity index (χ0n) is 12.3. The Labute approximate surface area is 124 Å². The number of rotatable bonds is 4. The molecule has 0 aliphatic heterocycles. The summed E-state index contributed by atoms with van der Waals surface area (Å²) in [7, 11) is 1.82. The van der Waals surface area contributed by atoms with E-state index in [-0.39, 0.29) is 5.78 Å². The molecular formula is C16H19ClN2O. The lowest BCUT2D eigenvalue weighted by atomic mass is 9.99. The van der Waals surface area contributed by atoms with Crippen molar-refractivity contribution in [3.05, 3.63) is 51.3 Å². The normalized spacial score (nSPS) is 10.8. The van der Waals surface area contributed by atoms with E-state index in [1.54, 1.807) is 4.68 Å². The number of halogens is 1. The van der Waals surface area contributed by atoms with Crippen LogP contribution in [0.4, 0.5) is 0 Å². The van der Waals surface area contributed by atoms with Crippen molar-refractivity contribution in [2.75, 3.05) is 0 Å². The van der Waals surface area contributed by atoms with Gasteiger partial charge in [-0.2, -0.15) is 5.10 Å². The van der Waals surface area contributed by atoms with Gasteiger partial charge in [-0.05, 0) is 31.9 Å². The summed E-state index contributed by atoms with van der Waals surface area (Å²) in [4.78, 5) is 12.3. The summed E-state index contributed by atoms with van der Waals surface area (Å²) in [5, 5.41) is 4.83. The Bertz CT molecular complexity index is 659. The summed E-state index contributed by atoms with van der Waals surface area (Å²) in [5.74, 6) is 0.156. The number of ketones is 1. The van der Waals surface area contributed by atoms with Crippen molar-refractivity contribution in [2.45, 2.75) is 33.6 Å². The molecule has 0 spiro atoms. The quantitative estimate of drug-likeness (QED) is 0.865. The first-order valence-electron chi connectivity index (χ1n) is 6.64. The molecule has 0 aliphatic carbocycles. The Kier molecular flexibility index (Phi) is 4.29. The fourth-order valence-electron chi connectivity index (χ4n) is 2.32. The molecule has 1 heterocycles. The zero-order valence-corrected chi connectivity index (χ0v) is 13.1. The average Bonchev–Trinajstić information content (AvgIpc) is 2.61. The first-order chi connectivity index (χ1) is 9.38. The summed E-state index contributed by atoms with van der Waals surface area (Å²) >= 11 is 6.18. The molecule has 0 fully saturated rings. The Balaban J connectivity index is 2.15. The van der Waals surface area contributed by atoms with Crippen LogP contribution in [0.25, 0.3) is 0 Å². The third kappa shape index (κ3) is 3.10. The maximum absolute atomic E-state index is 12.3. The van der Waals surface area contributed by atoms with E-state index in [2.05, 4.69) is 23.3 Å². The smallest absolute Gasteiger partial charge is 0.143 e. The molecule has 20 heavy (non-hydrogen) atoms. The van der Waals surface area contributed by atoms with E-state index >= 15 is 0 Å². The molecule has 0 aliphatic rings. The molecule has 2 aromatic rings. The maximum atomic E-state index is 12.3. The van der Waals surface area contributed by atoms with Gasteiger partial charge in [0, 0.05) is 13.5 Å². The van der Waals surface area contributed by atoms with Crippen LogP contribution in [0.5, 0.6) is 0 Å². The average molecular weight is 291 g/mol. The van der Waals surface area contributed by atoms with Gasteiger partial charge in [0.1, 0.15) is 5.78 Å². The number of Topliss-reactive ketones (excluding diaryl/α,β-unsaturated/α-hetero) is 1. The van der Waals surface area contributed by atoms with Crippen LogP contribution in [0.3, 0.4) is 0 Å². The second-order valence-electron chi connectivity index (χ2n) is 5.29. The number of hydrogen-bond donors (Lipinski definition) is 0. The van der Waals surface area contributed by atoms with Gasteiger partial charge < -0.3 is 0 Å². The highest BCUT2D eigenvalue weighted by Crippen LogP contribution is 2.21. The Morgan fingerprint density at radius 1 is 1.25 bits per heavy atom. The Hall–Kier alpha value is -1.61. The lowest BCUT2D eigenvalue weighted by molar-refractivity contribution is -0.117. The summed E-state index contributed by atoms with van der Waals surface area (Å²) < 4.78 is 1.69. The van der Waals surface area contributed by atoms with Crippen LogP contribution in [0, 0.1) is 20.8 Å². The number of aryl methyl sites for hydroxylation is 4. The molecule has 106 valence electrons. The first-order valence-corrected chi connectivity index (χ1v) is 7.02. The minimum Gasteiger partial charge on any atom is -0.299 e. The second kappa shape index (κ2) is 5.80. The van der Waals surface area contributed by atoms with Gasteiger partial charge in [0.15, 0.2) is 0 Å². The molecule has 0 bridgehead atoms.